The molecule has 4 rings (SSSR count). The van der Waals surface area contributed by atoms with Gasteiger partial charge in [-0.05, 0) is 61.4 Å². The van der Waals surface area contributed by atoms with Crippen LogP contribution in [0.4, 0.5) is 5.82 Å². The van der Waals surface area contributed by atoms with Gasteiger partial charge >= 0.3 is 5.97 Å². The number of aromatic amines is 1. The molecule has 2 aromatic heterocycles. The van der Waals surface area contributed by atoms with Crippen LogP contribution in [0.1, 0.15) is 50.2 Å². The van der Waals surface area contributed by atoms with Gasteiger partial charge in [0.05, 0.1) is 13.0 Å². The number of nitrogens with two attached hydrogens (primary N) is 1. The van der Waals surface area contributed by atoms with Gasteiger partial charge < -0.3 is 26.0 Å². The summed E-state index contributed by atoms with van der Waals surface area (Å²) in [5, 5.41) is 12.5. The molecule has 0 unspecified atom stereocenters. The van der Waals surface area contributed by atoms with Gasteiger partial charge in [0, 0.05) is 42.3 Å². The lowest BCUT2D eigenvalue weighted by Gasteiger charge is -2.22. The molecule has 0 saturated heterocycles. The summed E-state index contributed by atoms with van der Waals surface area (Å²) in [6, 6.07) is 12.2. The smallest absolute Gasteiger partial charge is 0.305 e. The number of rotatable bonds is 11. The van der Waals surface area contributed by atoms with E-state index in [1.165, 1.54) is 16.5 Å². The Morgan fingerprint density at radius 1 is 1.19 bits per heavy atom. The highest BCUT2D eigenvalue weighted by Crippen LogP contribution is 2.27. The minimum absolute atomic E-state index is 0.00861. The van der Waals surface area contributed by atoms with Crippen molar-refractivity contribution in [1.82, 2.24) is 20.2 Å². The lowest BCUT2D eigenvalue weighted by atomic mass is 10.1. The standard InChI is InChI=1S/C17H24N4O4.C10H11N/c18-14-10-12(6-8-19-14)2-1-3-16(23)21(13-4-5-13)11-15(22)20-9-7-17(24)25;1-2-8-7-11-10-6-4-3-5-9(8)10/h6,8,10,13H,1-5,7,9,11H2,(H2,18,19)(H,20,22)(H,24,25);3-7,11H,2H2,1H3. The van der Waals surface area contributed by atoms with Crippen LogP contribution in [0.15, 0.2) is 48.8 Å². The van der Waals surface area contributed by atoms with E-state index in [4.69, 9.17) is 10.8 Å². The van der Waals surface area contributed by atoms with E-state index in [0.29, 0.717) is 18.7 Å². The molecule has 1 saturated carbocycles. The summed E-state index contributed by atoms with van der Waals surface area (Å²) in [6.07, 6.45) is 8.29. The molecular formula is C27H35N5O4. The van der Waals surface area contributed by atoms with Crippen molar-refractivity contribution in [2.24, 2.45) is 0 Å². The quantitative estimate of drug-likeness (QED) is 0.323. The number of carbonyl (C=O) groups is 3. The first kappa shape index (κ1) is 26.7. The molecule has 1 fully saturated rings. The van der Waals surface area contributed by atoms with Crippen molar-refractivity contribution in [3.63, 3.8) is 0 Å². The molecule has 192 valence electrons. The van der Waals surface area contributed by atoms with Crippen molar-refractivity contribution < 1.29 is 19.5 Å². The second-order valence-electron chi connectivity index (χ2n) is 8.90. The van der Waals surface area contributed by atoms with Gasteiger partial charge in [0.15, 0.2) is 0 Å². The van der Waals surface area contributed by atoms with E-state index in [9.17, 15) is 14.4 Å². The average molecular weight is 494 g/mol. The molecule has 1 aromatic carbocycles. The van der Waals surface area contributed by atoms with Crippen molar-refractivity contribution >= 4 is 34.5 Å². The van der Waals surface area contributed by atoms with Gasteiger partial charge in [-0.1, -0.05) is 25.1 Å². The number of aromatic nitrogens is 2. The summed E-state index contributed by atoms with van der Waals surface area (Å²) in [5.74, 6) is -0.866. The van der Waals surface area contributed by atoms with Gasteiger partial charge in [-0.15, -0.1) is 0 Å². The molecular weight excluding hydrogens is 458 g/mol. The highest BCUT2D eigenvalue weighted by Gasteiger charge is 2.33. The van der Waals surface area contributed by atoms with Gasteiger partial charge in [0.1, 0.15) is 5.82 Å². The van der Waals surface area contributed by atoms with Gasteiger partial charge in [-0.2, -0.15) is 0 Å². The molecule has 0 atom stereocenters. The zero-order chi connectivity index (χ0) is 25.9. The van der Waals surface area contributed by atoms with E-state index in [1.807, 2.05) is 6.07 Å². The lowest BCUT2D eigenvalue weighted by Crippen LogP contribution is -2.42. The Bertz CT molecular complexity index is 1170. The number of pyridine rings is 1. The normalized spacial score (nSPS) is 12.5. The Labute approximate surface area is 211 Å². The zero-order valence-corrected chi connectivity index (χ0v) is 20.7. The molecule has 0 aliphatic heterocycles. The monoisotopic (exact) mass is 493 g/mol. The maximum absolute atomic E-state index is 12.4. The van der Waals surface area contributed by atoms with E-state index in [0.717, 1.165) is 31.2 Å². The highest BCUT2D eigenvalue weighted by molar-refractivity contribution is 5.85. The van der Waals surface area contributed by atoms with Crippen LogP contribution in [0.25, 0.3) is 10.9 Å². The Hall–Kier alpha value is -3.88. The molecule has 0 spiro atoms. The predicted octanol–water partition coefficient (Wildman–Crippen LogP) is 3.30. The summed E-state index contributed by atoms with van der Waals surface area (Å²) >= 11 is 0. The van der Waals surface area contributed by atoms with Crippen molar-refractivity contribution in [3.05, 3.63) is 59.9 Å². The fraction of sp³-hybridized carbons (Fsp3) is 0.407. The van der Waals surface area contributed by atoms with E-state index >= 15 is 0 Å². The summed E-state index contributed by atoms with van der Waals surface area (Å²) < 4.78 is 0. The van der Waals surface area contributed by atoms with Crippen molar-refractivity contribution in [3.8, 4) is 0 Å². The number of carboxylic acid groups (broad SMARTS) is 1. The number of anilines is 1. The number of nitrogens with zero attached hydrogens (tertiary/aromatic N) is 2. The number of amides is 2. The fourth-order valence-electron chi connectivity index (χ4n) is 3.99. The minimum Gasteiger partial charge on any atom is -0.481 e. The van der Waals surface area contributed by atoms with Gasteiger partial charge in [0.25, 0.3) is 0 Å². The number of carboxylic acids is 1. The lowest BCUT2D eigenvalue weighted by molar-refractivity contribution is -0.138. The van der Waals surface area contributed by atoms with E-state index in [2.05, 4.69) is 52.7 Å². The maximum Gasteiger partial charge on any atom is 0.305 e. The first-order valence-electron chi connectivity index (χ1n) is 12.4. The third-order valence-corrected chi connectivity index (χ3v) is 6.04. The van der Waals surface area contributed by atoms with Crippen LogP contribution in [-0.4, -0.2) is 56.9 Å². The number of nitrogen functional groups attached to an aromatic ring is 1. The van der Waals surface area contributed by atoms with Gasteiger partial charge in [-0.25, -0.2) is 4.98 Å². The number of fused-ring (bicyclic) bond motifs is 1. The van der Waals surface area contributed by atoms with Crippen molar-refractivity contribution in [1.29, 1.82) is 0 Å². The van der Waals surface area contributed by atoms with E-state index in [1.54, 1.807) is 17.2 Å². The second-order valence-corrected chi connectivity index (χ2v) is 8.90. The number of para-hydroxylation sites is 1. The highest BCUT2D eigenvalue weighted by atomic mass is 16.4. The number of hydrogen-bond donors (Lipinski definition) is 4. The largest absolute Gasteiger partial charge is 0.481 e. The Morgan fingerprint density at radius 3 is 2.67 bits per heavy atom. The molecule has 0 radical (unpaired) electrons. The molecule has 9 nitrogen and oxygen atoms in total. The number of benzene rings is 1. The van der Waals surface area contributed by atoms with Crippen LogP contribution in [0.3, 0.4) is 0 Å². The second kappa shape index (κ2) is 13.3. The van der Waals surface area contributed by atoms with Gasteiger partial charge in [-0.3, -0.25) is 14.4 Å². The number of nitrogens with one attached hydrogen (secondary N) is 2. The molecule has 1 aliphatic rings. The molecule has 9 heteroatoms. The first-order valence-corrected chi connectivity index (χ1v) is 12.4. The topological polar surface area (TPSA) is 141 Å². The van der Waals surface area contributed by atoms with Crippen LogP contribution in [0, 0.1) is 0 Å². The maximum atomic E-state index is 12.4. The molecule has 2 amide bonds. The van der Waals surface area contributed by atoms with Crippen LogP contribution in [-0.2, 0) is 27.2 Å². The van der Waals surface area contributed by atoms with Crippen molar-refractivity contribution in [2.45, 2.75) is 57.9 Å². The number of H-pyrrole nitrogens is 1. The molecule has 5 N–H and O–H groups in total. The average Bonchev–Trinajstić information content (AvgIpc) is 3.61. The summed E-state index contributed by atoms with van der Waals surface area (Å²) in [5.41, 5.74) is 9.31. The number of hydrogen-bond acceptors (Lipinski definition) is 5. The summed E-state index contributed by atoms with van der Waals surface area (Å²) in [4.78, 5) is 43.5. The SMILES string of the molecule is CCc1c[nH]c2ccccc12.Nc1cc(CCCC(=O)N(CC(=O)NCCC(=O)O)C2CC2)ccn1. The first-order chi connectivity index (χ1) is 17.4. The van der Waals surface area contributed by atoms with Crippen LogP contribution < -0.4 is 11.1 Å². The zero-order valence-electron chi connectivity index (χ0n) is 20.7. The Morgan fingerprint density at radius 2 is 1.97 bits per heavy atom. The number of carbonyl (C=O) groups excluding carboxylic acids is 2. The summed E-state index contributed by atoms with van der Waals surface area (Å²) in [6.45, 7) is 2.24. The Balaban J connectivity index is 0.000000270. The third kappa shape index (κ3) is 8.41. The molecule has 1 aliphatic carbocycles. The molecule has 0 bridgehead atoms. The number of aryl methyl sites for hydroxylation is 2. The van der Waals surface area contributed by atoms with E-state index in [-0.39, 0.29) is 37.4 Å². The van der Waals surface area contributed by atoms with Crippen molar-refractivity contribution in [2.75, 3.05) is 18.8 Å². The molecule has 36 heavy (non-hydrogen) atoms. The molecule has 2 heterocycles. The minimum atomic E-state index is -0.966. The Kier molecular flexibility index (Phi) is 9.85. The fourth-order valence-corrected chi connectivity index (χ4v) is 3.99. The number of aliphatic carboxylic acids is 1. The van der Waals surface area contributed by atoms with Gasteiger partial charge in [0.2, 0.25) is 11.8 Å². The van der Waals surface area contributed by atoms with Crippen LogP contribution in [0.2, 0.25) is 0 Å². The van der Waals surface area contributed by atoms with E-state index < -0.39 is 5.97 Å². The van der Waals surface area contributed by atoms with Crippen LogP contribution in [0.5, 0.6) is 0 Å². The predicted molar refractivity (Wildman–Crippen MR) is 139 cm³/mol. The molecule has 3 aromatic rings. The third-order valence-electron chi connectivity index (χ3n) is 6.04. The van der Waals surface area contributed by atoms with Crippen LogP contribution >= 0.6 is 0 Å². The summed E-state index contributed by atoms with van der Waals surface area (Å²) in [7, 11) is 0.